The second kappa shape index (κ2) is 8.57. The third-order valence-electron chi connectivity index (χ3n) is 4.31. The van der Waals surface area contributed by atoms with Crippen molar-refractivity contribution in [2.24, 2.45) is 5.92 Å². The van der Waals surface area contributed by atoms with Gasteiger partial charge in [0.05, 0.1) is 12.8 Å². The number of carbonyl (C=O) groups is 2. The highest BCUT2D eigenvalue weighted by molar-refractivity contribution is 5.91. The summed E-state index contributed by atoms with van der Waals surface area (Å²) >= 11 is 0. The molecule has 6 heteroatoms. The van der Waals surface area contributed by atoms with Gasteiger partial charge in [-0.1, -0.05) is 13.0 Å². The van der Waals surface area contributed by atoms with Crippen LogP contribution < -0.4 is 15.4 Å². The Kier molecular flexibility index (Phi) is 6.46. The number of aryl methyl sites for hydroxylation is 1. The molecule has 0 aromatic heterocycles. The van der Waals surface area contributed by atoms with Crippen LogP contribution in [-0.4, -0.2) is 43.6 Å². The van der Waals surface area contributed by atoms with Gasteiger partial charge in [-0.2, -0.15) is 0 Å². The van der Waals surface area contributed by atoms with Gasteiger partial charge >= 0.3 is 6.03 Å². The zero-order valence-corrected chi connectivity index (χ0v) is 14.7. The van der Waals surface area contributed by atoms with E-state index in [-0.39, 0.29) is 11.9 Å². The Hall–Kier alpha value is -2.24. The van der Waals surface area contributed by atoms with Crippen molar-refractivity contribution in [3.63, 3.8) is 0 Å². The van der Waals surface area contributed by atoms with Crippen molar-refractivity contribution in [2.75, 3.05) is 32.1 Å². The molecule has 24 heavy (non-hydrogen) atoms. The molecule has 6 nitrogen and oxygen atoms in total. The number of benzene rings is 1. The van der Waals surface area contributed by atoms with Gasteiger partial charge in [0.25, 0.3) is 0 Å². The van der Waals surface area contributed by atoms with E-state index in [1.807, 2.05) is 36.9 Å². The lowest BCUT2D eigenvalue weighted by molar-refractivity contribution is -0.121. The number of likely N-dealkylation sites (tertiary alicyclic amines) is 1. The van der Waals surface area contributed by atoms with Crippen molar-refractivity contribution in [3.05, 3.63) is 23.8 Å². The van der Waals surface area contributed by atoms with Crippen LogP contribution in [0.5, 0.6) is 5.75 Å². The summed E-state index contributed by atoms with van der Waals surface area (Å²) in [5.41, 5.74) is 1.74. The molecule has 1 atom stereocenters. The SMILES string of the molecule is CCC(=O)NC[C@H]1CCCN(C(=O)Nc2cc(C)ccc2OC)C1. The van der Waals surface area contributed by atoms with Gasteiger partial charge in [-0.25, -0.2) is 4.79 Å². The Labute approximate surface area is 143 Å². The molecule has 2 rings (SSSR count). The van der Waals surface area contributed by atoms with Crippen LogP contribution in [0, 0.1) is 12.8 Å². The Balaban J connectivity index is 1.94. The summed E-state index contributed by atoms with van der Waals surface area (Å²) in [5, 5.41) is 5.86. The van der Waals surface area contributed by atoms with Gasteiger partial charge in [-0.05, 0) is 43.4 Å². The lowest BCUT2D eigenvalue weighted by Crippen LogP contribution is -2.45. The number of ether oxygens (including phenoxy) is 1. The van der Waals surface area contributed by atoms with Crippen LogP contribution in [0.15, 0.2) is 18.2 Å². The van der Waals surface area contributed by atoms with Gasteiger partial charge in [0.2, 0.25) is 5.91 Å². The molecule has 1 aromatic rings. The molecule has 0 aliphatic carbocycles. The fraction of sp³-hybridized carbons (Fsp3) is 0.556. The van der Waals surface area contributed by atoms with Crippen molar-refractivity contribution < 1.29 is 14.3 Å². The van der Waals surface area contributed by atoms with Crippen LogP contribution in [0.4, 0.5) is 10.5 Å². The third kappa shape index (κ3) is 4.88. The van der Waals surface area contributed by atoms with Crippen molar-refractivity contribution in [1.29, 1.82) is 0 Å². The second-order valence-electron chi connectivity index (χ2n) is 6.25. The predicted molar refractivity (Wildman–Crippen MR) is 94.3 cm³/mol. The average molecular weight is 333 g/mol. The Bertz CT molecular complexity index is 589. The van der Waals surface area contributed by atoms with Crippen molar-refractivity contribution in [2.45, 2.75) is 33.1 Å². The minimum Gasteiger partial charge on any atom is -0.495 e. The maximum Gasteiger partial charge on any atom is 0.321 e. The summed E-state index contributed by atoms with van der Waals surface area (Å²) in [6, 6.07) is 5.58. The van der Waals surface area contributed by atoms with Crippen LogP contribution in [0.3, 0.4) is 0 Å². The molecule has 0 spiro atoms. The summed E-state index contributed by atoms with van der Waals surface area (Å²) in [6.45, 7) is 5.83. The summed E-state index contributed by atoms with van der Waals surface area (Å²) < 4.78 is 5.31. The maximum absolute atomic E-state index is 12.6. The first-order valence-corrected chi connectivity index (χ1v) is 8.50. The number of nitrogens with one attached hydrogen (secondary N) is 2. The van der Waals surface area contributed by atoms with Gasteiger partial charge in [0, 0.05) is 26.1 Å². The van der Waals surface area contributed by atoms with Gasteiger partial charge in [-0.15, -0.1) is 0 Å². The van der Waals surface area contributed by atoms with E-state index in [1.165, 1.54) is 0 Å². The number of anilines is 1. The monoisotopic (exact) mass is 333 g/mol. The third-order valence-corrected chi connectivity index (χ3v) is 4.31. The largest absolute Gasteiger partial charge is 0.495 e. The van der Waals surface area contributed by atoms with E-state index in [9.17, 15) is 9.59 Å². The molecule has 0 bridgehead atoms. The number of amides is 3. The van der Waals surface area contributed by atoms with Crippen molar-refractivity contribution >= 4 is 17.6 Å². The van der Waals surface area contributed by atoms with E-state index < -0.39 is 0 Å². The van der Waals surface area contributed by atoms with Crippen LogP contribution >= 0.6 is 0 Å². The number of nitrogens with zero attached hydrogens (tertiary/aromatic N) is 1. The van der Waals surface area contributed by atoms with Crippen LogP contribution in [0.1, 0.15) is 31.7 Å². The summed E-state index contributed by atoms with van der Waals surface area (Å²) in [4.78, 5) is 25.8. The highest BCUT2D eigenvalue weighted by Crippen LogP contribution is 2.26. The molecule has 1 fully saturated rings. The number of hydrogen-bond acceptors (Lipinski definition) is 3. The van der Waals surface area contributed by atoms with Crippen LogP contribution in [0.2, 0.25) is 0 Å². The summed E-state index contributed by atoms with van der Waals surface area (Å²) in [7, 11) is 1.59. The van der Waals surface area contributed by atoms with E-state index in [0.717, 1.165) is 24.9 Å². The Morgan fingerprint density at radius 2 is 2.17 bits per heavy atom. The first kappa shape index (κ1) is 18.1. The number of urea groups is 1. The standard InChI is InChI=1S/C18H27N3O3/c1-4-17(22)19-11-14-6-5-9-21(12-14)18(23)20-15-10-13(2)7-8-16(15)24-3/h7-8,10,14H,4-6,9,11-12H2,1-3H3,(H,19,22)(H,20,23)/t14-/m1/s1. The fourth-order valence-electron chi connectivity index (χ4n) is 2.91. The van der Waals surface area contributed by atoms with Crippen molar-refractivity contribution in [1.82, 2.24) is 10.2 Å². The molecule has 1 aromatic carbocycles. The zero-order chi connectivity index (χ0) is 17.5. The number of piperidine rings is 1. The molecule has 0 unspecified atom stereocenters. The molecular weight excluding hydrogens is 306 g/mol. The summed E-state index contributed by atoms with van der Waals surface area (Å²) in [6.07, 6.45) is 2.47. The molecule has 3 amide bonds. The predicted octanol–water partition coefficient (Wildman–Crippen LogP) is 2.77. The molecule has 0 radical (unpaired) electrons. The fourth-order valence-corrected chi connectivity index (χ4v) is 2.91. The maximum atomic E-state index is 12.6. The minimum absolute atomic E-state index is 0.0565. The molecule has 1 heterocycles. The Morgan fingerprint density at radius 1 is 1.38 bits per heavy atom. The normalized spacial score (nSPS) is 17.3. The first-order chi connectivity index (χ1) is 11.5. The minimum atomic E-state index is -0.120. The molecule has 0 saturated carbocycles. The van der Waals surface area contributed by atoms with E-state index >= 15 is 0 Å². The number of methoxy groups -OCH3 is 1. The summed E-state index contributed by atoms with van der Waals surface area (Å²) in [5.74, 6) is 1.01. The smallest absolute Gasteiger partial charge is 0.321 e. The number of rotatable bonds is 5. The first-order valence-electron chi connectivity index (χ1n) is 8.50. The topological polar surface area (TPSA) is 70.7 Å². The van der Waals surface area contributed by atoms with Gasteiger partial charge in [0.15, 0.2) is 0 Å². The highest BCUT2D eigenvalue weighted by Gasteiger charge is 2.24. The Morgan fingerprint density at radius 3 is 2.88 bits per heavy atom. The average Bonchev–Trinajstić information content (AvgIpc) is 2.60. The molecule has 1 aliphatic rings. The van der Waals surface area contributed by atoms with Gasteiger partial charge < -0.3 is 20.3 Å². The van der Waals surface area contributed by atoms with Gasteiger partial charge in [0.1, 0.15) is 5.75 Å². The van der Waals surface area contributed by atoms with Gasteiger partial charge in [-0.3, -0.25) is 4.79 Å². The molecule has 2 N–H and O–H groups in total. The quantitative estimate of drug-likeness (QED) is 0.870. The molecule has 1 saturated heterocycles. The number of hydrogen-bond donors (Lipinski definition) is 2. The zero-order valence-electron chi connectivity index (χ0n) is 14.7. The lowest BCUT2D eigenvalue weighted by Gasteiger charge is -2.33. The van der Waals surface area contributed by atoms with E-state index in [2.05, 4.69) is 10.6 Å². The van der Waals surface area contributed by atoms with Crippen LogP contribution in [0.25, 0.3) is 0 Å². The highest BCUT2D eigenvalue weighted by atomic mass is 16.5. The van der Waals surface area contributed by atoms with E-state index in [4.69, 9.17) is 4.74 Å². The number of carbonyl (C=O) groups excluding carboxylic acids is 2. The molecule has 132 valence electrons. The molecule has 1 aliphatic heterocycles. The van der Waals surface area contributed by atoms with Crippen molar-refractivity contribution in [3.8, 4) is 5.75 Å². The van der Waals surface area contributed by atoms with E-state index in [1.54, 1.807) is 7.11 Å². The molecular formula is C18H27N3O3. The lowest BCUT2D eigenvalue weighted by atomic mass is 9.98. The second-order valence-corrected chi connectivity index (χ2v) is 6.25. The van der Waals surface area contributed by atoms with Crippen LogP contribution in [-0.2, 0) is 4.79 Å². The van der Waals surface area contributed by atoms with E-state index in [0.29, 0.717) is 36.9 Å².